The highest BCUT2D eigenvalue weighted by atomic mass is 16.5. The SMILES string of the molecule is Oc1ccc2c(c1)Oc1cc(OCc3ccccc3)ccc1C21OCc2ccccc21. The largest absolute Gasteiger partial charge is 0.508 e. The zero-order valence-electron chi connectivity index (χ0n) is 16.7. The van der Waals surface area contributed by atoms with Gasteiger partial charge >= 0.3 is 0 Å². The molecule has 1 atom stereocenters. The molecule has 0 aliphatic carbocycles. The van der Waals surface area contributed by atoms with Crippen LogP contribution < -0.4 is 9.47 Å². The number of phenols is 1. The van der Waals surface area contributed by atoms with E-state index in [-0.39, 0.29) is 5.75 Å². The number of ether oxygens (including phenoxy) is 3. The molecule has 4 aromatic carbocycles. The number of hydrogen-bond acceptors (Lipinski definition) is 4. The summed E-state index contributed by atoms with van der Waals surface area (Å²) in [6, 6.07) is 29.4. The Morgan fingerprint density at radius 1 is 0.774 bits per heavy atom. The number of benzene rings is 4. The molecule has 0 aromatic heterocycles. The molecule has 1 unspecified atom stereocenters. The van der Waals surface area contributed by atoms with Gasteiger partial charge in [0.2, 0.25) is 0 Å². The Kier molecular flexibility index (Phi) is 4.01. The van der Waals surface area contributed by atoms with Crippen molar-refractivity contribution in [2.75, 3.05) is 0 Å². The van der Waals surface area contributed by atoms with Crippen LogP contribution in [-0.4, -0.2) is 5.11 Å². The van der Waals surface area contributed by atoms with Gasteiger partial charge in [-0.05, 0) is 41.0 Å². The van der Waals surface area contributed by atoms with Crippen molar-refractivity contribution in [1.82, 2.24) is 0 Å². The quantitative estimate of drug-likeness (QED) is 0.459. The molecule has 0 bridgehead atoms. The second-order valence-corrected chi connectivity index (χ2v) is 7.84. The minimum atomic E-state index is -0.773. The van der Waals surface area contributed by atoms with Crippen LogP contribution in [0.25, 0.3) is 0 Å². The predicted octanol–water partition coefficient (Wildman–Crippen LogP) is 5.90. The maximum atomic E-state index is 10.1. The van der Waals surface area contributed by atoms with Gasteiger partial charge in [-0.2, -0.15) is 0 Å². The molecule has 2 heterocycles. The normalized spacial score (nSPS) is 18.1. The van der Waals surface area contributed by atoms with Gasteiger partial charge in [0.1, 0.15) is 29.6 Å². The molecule has 1 N–H and O–H groups in total. The first kappa shape index (κ1) is 18.0. The summed E-state index contributed by atoms with van der Waals surface area (Å²) >= 11 is 0. The van der Waals surface area contributed by atoms with E-state index in [0.29, 0.717) is 30.5 Å². The van der Waals surface area contributed by atoms with Gasteiger partial charge in [0, 0.05) is 23.3 Å². The fraction of sp³-hybridized carbons (Fsp3) is 0.111. The van der Waals surface area contributed by atoms with Crippen LogP contribution in [0.2, 0.25) is 0 Å². The van der Waals surface area contributed by atoms with Crippen LogP contribution in [0.15, 0.2) is 91.0 Å². The van der Waals surface area contributed by atoms with Gasteiger partial charge in [0.25, 0.3) is 0 Å². The van der Waals surface area contributed by atoms with E-state index in [4.69, 9.17) is 14.2 Å². The first-order chi connectivity index (χ1) is 15.2. The fourth-order valence-corrected chi connectivity index (χ4v) is 4.56. The van der Waals surface area contributed by atoms with Crippen molar-refractivity contribution in [3.05, 3.63) is 119 Å². The predicted molar refractivity (Wildman–Crippen MR) is 117 cm³/mol. The lowest BCUT2D eigenvalue weighted by Crippen LogP contribution is -2.32. The lowest BCUT2D eigenvalue weighted by molar-refractivity contribution is 0.0198. The molecule has 0 saturated heterocycles. The lowest BCUT2D eigenvalue weighted by atomic mass is 9.77. The maximum absolute atomic E-state index is 10.1. The minimum absolute atomic E-state index is 0.153. The smallest absolute Gasteiger partial charge is 0.151 e. The molecular formula is C27H20O4. The molecule has 0 saturated carbocycles. The van der Waals surface area contributed by atoms with Crippen LogP contribution in [0.4, 0.5) is 0 Å². The van der Waals surface area contributed by atoms with E-state index in [2.05, 4.69) is 12.1 Å². The number of aromatic hydroxyl groups is 1. The Morgan fingerprint density at radius 2 is 1.52 bits per heavy atom. The van der Waals surface area contributed by atoms with Crippen molar-refractivity contribution < 1.29 is 19.3 Å². The molecule has 2 aliphatic heterocycles. The van der Waals surface area contributed by atoms with Crippen LogP contribution in [0, 0.1) is 0 Å². The molecule has 31 heavy (non-hydrogen) atoms. The van der Waals surface area contributed by atoms with E-state index in [1.54, 1.807) is 12.1 Å². The second kappa shape index (κ2) is 6.89. The van der Waals surface area contributed by atoms with E-state index >= 15 is 0 Å². The van der Waals surface area contributed by atoms with Crippen molar-refractivity contribution in [1.29, 1.82) is 0 Å². The number of fused-ring (bicyclic) bond motifs is 6. The van der Waals surface area contributed by atoms with Gasteiger partial charge in [-0.1, -0.05) is 54.6 Å². The summed E-state index contributed by atoms with van der Waals surface area (Å²) in [6.07, 6.45) is 0. The topological polar surface area (TPSA) is 47.9 Å². The van der Waals surface area contributed by atoms with Gasteiger partial charge in [-0.3, -0.25) is 0 Å². The molecule has 152 valence electrons. The van der Waals surface area contributed by atoms with Gasteiger partial charge in [0.05, 0.1) is 6.61 Å². The standard InChI is InChI=1S/C27H20O4/c28-20-10-12-23-25(14-20)31-26-15-21(29-16-18-6-2-1-3-7-18)11-13-24(26)27(23)22-9-5-4-8-19(22)17-30-27/h1-15,28H,16-17H2. The van der Waals surface area contributed by atoms with Crippen molar-refractivity contribution in [2.45, 2.75) is 18.8 Å². The number of phenolic OH excluding ortho intramolecular Hbond substituents is 1. The van der Waals surface area contributed by atoms with Crippen LogP contribution in [0.1, 0.15) is 27.8 Å². The zero-order chi connectivity index (χ0) is 20.8. The summed E-state index contributed by atoms with van der Waals surface area (Å²) in [6.45, 7) is 0.990. The molecule has 1 spiro atoms. The minimum Gasteiger partial charge on any atom is -0.508 e. The monoisotopic (exact) mass is 408 g/mol. The summed E-state index contributed by atoms with van der Waals surface area (Å²) in [5.74, 6) is 2.12. The summed E-state index contributed by atoms with van der Waals surface area (Å²) in [4.78, 5) is 0. The molecule has 2 aliphatic rings. The van der Waals surface area contributed by atoms with Gasteiger partial charge in [-0.15, -0.1) is 0 Å². The highest BCUT2D eigenvalue weighted by Gasteiger charge is 2.49. The Labute approximate surface area is 180 Å². The lowest BCUT2D eigenvalue weighted by Gasteiger charge is -2.37. The van der Waals surface area contributed by atoms with E-state index < -0.39 is 5.60 Å². The molecule has 0 amide bonds. The van der Waals surface area contributed by atoms with Crippen molar-refractivity contribution in [3.8, 4) is 23.0 Å². The summed E-state index contributed by atoms with van der Waals surface area (Å²) < 4.78 is 18.8. The van der Waals surface area contributed by atoms with Gasteiger partial charge < -0.3 is 19.3 Å². The Morgan fingerprint density at radius 3 is 2.39 bits per heavy atom. The van der Waals surface area contributed by atoms with E-state index in [0.717, 1.165) is 27.8 Å². The Balaban J connectivity index is 1.46. The highest BCUT2D eigenvalue weighted by Crippen LogP contribution is 2.56. The molecule has 4 aromatic rings. The van der Waals surface area contributed by atoms with Crippen molar-refractivity contribution in [2.24, 2.45) is 0 Å². The maximum Gasteiger partial charge on any atom is 0.151 e. The zero-order valence-corrected chi connectivity index (χ0v) is 16.7. The molecular weight excluding hydrogens is 388 g/mol. The van der Waals surface area contributed by atoms with Crippen LogP contribution in [-0.2, 0) is 23.6 Å². The van der Waals surface area contributed by atoms with E-state index in [9.17, 15) is 5.11 Å². The molecule has 4 nitrogen and oxygen atoms in total. The third kappa shape index (κ3) is 2.80. The molecule has 4 heteroatoms. The van der Waals surface area contributed by atoms with Crippen LogP contribution >= 0.6 is 0 Å². The molecule has 0 radical (unpaired) electrons. The van der Waals surface area contributed by atoms with E-state index in [1.165, 1.54) is 0 Å². The summed E-state index contributed by atoms with van der Waals surface area (Å²) in [5.41, 5.74) is 4.40. The Bertz CT molecular complexity index is 1280. The second-order valence-electron chi connectivity index (χ2n) is 7.84. The first-order valence-corrected chi connectivity index (χ1v) is 10.3. The van der Waals surface area contributed by atoms with E-state index in [1.807, 2.05) is 66.7 Å². The van der Waals surface area contributed by atoms with Crippen molar-refractivity contribution >= 4 is 0 Å². The molecule has 0 fully saturated rings. The summed E-state index contributed by atoms with van der Waals surface area (Å²) in [5, 5.41) is 10.1. The first-order valence-electron chi connectivity index (χ1n) is 10.3. The van der Waals surface area contributed by atoms with Crippen LogP contribution in [0.3, 0.4) is 0 Å². The van der Waals surface area contributed by atoms with Gasteiger partial charge in [0.15, 0.2) is 5.60 Å². The van der Waals surface area contributed by atoms with Crippen LogP contribution in [0.5, 0.6) is 23.0 Å². The number of rotatable bonds is 3. The fourth-order valence-electron chi connectivity index (χ4n) is 4.56. The average molecular weight is 408 g/mol. The third-order valence-electron chi connectivity index (χ3n) is 5.99. The average Bonchev–Trinajstić information content (AvgIpc) is 3.18. The van der Waals surface area contributed by atoms with Crippen molar-refractivity contribution in [3.63, 3.8) is 0 Å². The third-order valence-corrected chi connectivity index (χ3v) is 5.99. The Hall–Kier alpha value is -3.76. The number of hydrogen-bond donors (Lipinski definition) is 1. The van der Waals surface area contributed by atoms with Gasteiger partial charge in [-0.25, -0.2) is 0 Å². The molecule has 6 rings (SSSR count). The summed E-state index contributed by atoms with van der Waals surface area (Å²) in [7, 11) is 0. The highest BCUT2D eigenvalue weighted by molar-refractivity contribution is 5.65.